The standard InChI is InChI=1S/C14H20N4O/c1-11-8-13-15-10-16-18(13)14(9-11)17(6-7-19)12-4-2-3-5-12/h8-10,12,19H,2-7H2,1H3. The van der Waals surface area contributed by atoms with E-state index in [9.17, 15) is 5.11 Å². The molecule has 0 unspecified atom stereocenters. The number of fused-ring (bicyclic) bond motifs is 1. The van der Waals surface area contributed by atoms with Gasteiger partial charge in [-0.3, -0.25) is 0 Å². The monoisotopic (exact) mass is 260 g/mol. The van der Waals surface area contributed by atoms with E-state index in [0.717, 1.165) is 11.5 Å². The smallest absolute Gasteiger partial charge is 0.157 e. The zero-order valence-electron chi connectivity index (χ0n) is 11.3. The summed E-state index contributed by atoms with van der Waals surface area (Å²) in [5.74, 6) is 1.05. The number of rotatable bonds is 4. The van der Waals surface area contributed by atoms with Crippen LogP contribution in [-0.2, 0) is 0 Å². The topological polar surface area (TPSA) is 53.7 Å². The van der Waals surface area contributed by atoms with E-state index in [2.05, 4.69) is 28.0 Å². The van der Waals surface area contributed by atoms with Gasteiger partial charge in [-0.1, -0.05) is 12.8 Å². The molecule has 0 bridgehead atoms. The molecule has 1 N–H and O–H groups in total. The number of aromatic nitrogens is 3. The SMILES string of the molecule is Cc1cc(N(CCO)C2CCCC2)n2ncnc2c1. The van der Waals surface area contributed by atoms with Crippen molar-refractivity contribution in [2.24, 2.45) is 0 Å². The van der Waals surface area contributed by atoms with Crippen molar-refractivity contribution in [1.82, 2.24) is 14.6 Å². The predicted molar refractivity (Wildman–Crippen MR) is 74.4 cm³/mol. The van der Waals surface area contributed by atoms with Crippen LogP contribution in [0.2, 0.25) is 0 Å². The maximum atomic E-state index is 9.36. The number of hydrogen-bond donors (Lipinski definition) is 1. The quantitative estimate of drug-likeness (QED) is 0.910. The molecule has 1 fully saturated rings. The van der Waals surface area contributed by atoms with Crippen LogP contribution >= 0.6 is 0 Å². The first kappa shape index (κ1) is 12.4. The summed E-state index contributed by atoms with van der Waals surface area (Å²) < 4.78 is 1.88. The first-order valence-corrected chi connectivity index (χ1v) is 6.97. The first-order chi connectivity index (χ1) is 9.29. The minimum Gasteiger partial charge on any atom is -0.395 e. The molecular formula is C14H20N4O. The van der Waals surface area contributed by atoms with Crippen molar-refractivity contribution in [2.75, 3.05) is 18.1 Å². The Morgan fingerprint density at radius 2 is 2.16 bits per heavy atom. The van der Waals surface area contributed by atoms with Gasteiger partial charge in [0.05, 0.1) is 6.61 Å². The highest BCUT2D eigenvalue weighted by atomic mass is 16.3. The van der Waals surface area contributed by atoms with Crippen molar-refractivity contribution in [3.05, 3.63) is 24.0 Å². The summed E-state index contributed by atoms with van der Waals surface area (Å²) in [7, 11) is 0. The molecule has 0 atom stereocenters. The maximum Gasteiger partial charge on any atom is 0.157 e. The van der Waals surface area contributed by atoms with E-state index in [4.69, 9.17) is 0 Å². The molecular weight excluding hydrogens is 240 g/mol. The van der Waals surface area contributed by atoms with E-state index in [1.54, 1.807) is 6.33 Å². The van der Waals surface area contributed by atoms with Crippen LogP contribution < -0.4 is 4.90 Å². The number of aliphatic hydroxyl groups excluding tert-OH is 1. The molecule has 2 heterocycles. The molecule has 1 aliphatic rings. The Balaban J connectivity index is 2.05. The lowest BCUT2D eigenvalue weighted by Gasteiger charge is -2.30. The van der Waals surface area contributed by atoms with Crippen LogP contribution in [0.4, 0.5) is 5.82 Å². The normalized spacial score (nSPS) is 16.3. The molecule has 1 saturated carbocycles. The molecule has 102 valence electrons. The molecule has 5 heteroatoms. The lowest BCUT2D eigenvalue weighted by atomic mass is 10.2. The van der Waals surface area contributed by atoms with Gasteiger partial charge in [0.25, 0.3) is 0 Å². The number of hydrogen-bond acceptors (Lipinski definition) is 4. The molecule has 0 aliphatic heterocycles. The highest BCUT2D eigenvalue weighted by molar-refractivity contribution is 5.53. The predicted octanol–water partition coefficient (Wildman–Crippen LogP) is 1.78. The zero-order valence-corrected chi connectivity index (χ0v) is 11.3. The van der Waals surface area contributed by atoms with Crippen LogP contribution in [0.3, 0.4) is 0 Å². The van der Waals surface area contributed by atoms with Crippen LogP contribution in [-0.4, -0.2) is 38.9 Å². The number of anilines is 1. The fraction of sp³-hybridized carbons (Fsp3) is 0.571. The van der Waals surface area contributed by atoms with Gasteiger partial charge in [0.15, 0.2) is 5.65 Å². The van der Waals surface area contributed by atoms with E-state index in [0.29, 0.717) is 12.6 Å². The van der Waals surface area contributed by atoms with Crippen molar-refractivity contribution in [2.45, 2.75) is 38.6 Å². The molecule has 5 nitrogen and oxygen atoms in total. The molecule has 3 rings (SSSR count). The lowest BCUT2D eigenvalue weighted by Crippen LogP contribution is -2.37. The van der Waals surface area contributed by atoms with Gasteiger partial charge in [0.1, 0.15) is 12.1 Å². The van der Waals surface area contributed by atoms with E-state index >= 15 is 0 Å². The molecule has 1 aliphatic carbocycles. The summed E-state index contributed by atoms with van der Waals surface area (Å²) >= 11 is 0. The van der Waals surface area contributed by atoms with Crippen LogP contribution in [0.25, 0.3) is 5.65 Å². The Bertz CT molecular complexity index is 560. The van der Waals surface area contributed by atoms with Crippen LogP contribution in [0, 0.1) is 6.92 Å². The molecule has 2 aromatic heterocycles. The molecule has 0 spiro atoms. The summed E-state index contributed by atoms with van der Waals surface area (Å²) in [5.41, 5.74) is 2.05. The van der Waals surface area contributed by atoms with Crippen molar-refractivity contribution in [1.29, 1.82) is 0 Å². The minimum absolute atomic E-state index is 0.167. The largest absolute Gasteiger partial charge is 0.395 e. The molecule has 2 aromatic rings. The molecule has 0 amide bonds. The highest BCUT2D eigenvalue weighted by Gasteiger charge is 2.24. The third kappa shape index (κ3) is 2.30. The van der Waals surface area contributed by atoms with Gasteiger partial charge in [-0.2, -0.15) is 9.61 Å². The second kappa shape index (κ2) is 5.17. The van der Waals surface area contributed by atoms with Crippen molar-refractivity contribution in [3.63, 3.8) is 0 Å². The third-order valence-corrected chi connectivity index (χ3v) is 3.91. The van der Waals surface area contributed by atoms with Crippen molar-refractivity contribution < 1.29 is 5.11 Å². The summed E-state index contributed by atoms with van der Waals surface area (Å²) in [5, 5.41) is 13.7. The summed E-state index contributed by atoms with van der Waals surface area (Å²) in [6, 6.07) is 4.68. The Morgan fingerprint density at radius 3 is 2.89 bits per heavy atom. The first-order valence-electron chi connectivity index (χ1n) is 6.97. The fourth-order valence-electron chi connectivity index (χ4n) is 3.05. The molecule has 0 radical (unpaired) electrons. The van der Waals surface area contributed by atoms with Crippen LogP contribution in [0.5, 0.6) is 0 Å². The number of aryl methyl sites for hydroxylation is 1. The molecule has 0 saturated heterocycles. The average Bonchev–Trinajstić information content (AvgIpc) is 3.05. The Kier molecular flexibility index (Phi) is 3.38. The Labute approximate surface area is 112 Å². The van der Waals surface area contributed by atoms with Crippen molar-refractivity contribution >= 4 is 11.5 Å². The zero-order chi connectivity index (χ0) is 13.2. The Hall–Kier alpha value is -1.62. The summed E-state index contributed by atoms with van der Waals surface area (Å²) in [4.78, 5) is 6.57. The van der Waals surface area contributed by atoms with Gasteiger partial charge in [0, 0.05) is 12.6 Å². The van der Waals surface area contributed by atoms with Gasteiger partial charge in [0.2, 0.25) is 0 Å². The maximum absolute atomic E-state index is 9.36. The lowest BCUT2D eigenvalue weighted by molar-refractivity contribution is 0.296. The number of pyridine rings is 1. The Morgan fingerprint density at radius 1 is 1.37 bits per heavy atom. The average molecular weight is 260 g/mol. The number of aliphatic hydroxyl groups is 1. The molecule has 19 heavy (non-hydrogen) atoms. The van der Waals surface area contributed by atoms with E-state index in [1.807, 2.05) is 10.6 Å². The second-order valence-electron chi connectivity index (χ2n) is 5.28. The van der Waals surface area contributed by atoms with Crippen LogP contribution in [0.15, 0.2) is 18.5 Å². The van der Waals surface area contributed by atoms with E-state index in [-0.39, 0.29) is 6.61 Å². The fourth-order valence-corrected chi connectivity index (χ4v) is 3.05. The van der Waals surface area contributed by atoms with Crippen LogP contribution in [0.1, 0.15) is 31.2 Å². The van der Waals surface area contributed by atoms with Gasteiger partial charge in [-0.25, -0.2) is 4.98 Å². The highest BCUT2D eigenvalue weighted by Crippen LogP contribution is 2.28. The third-order valence-electron chi connectivity index (χ3n) is 3.91. The summed E-state index contributed by atoms with van der Waals surface area (Å²) in [6.45, 7) is 2.90. The second-order valence-corrected chi connectivity index (χ2v) is 5.28. The van der Waals surface area contributed by atoms with Gasteiger partial charge in [-0.05, 0) is 37.5 Å². The summed E-state index contributed by atoms with van der Waals surface area (Å²) in [6.07, 6.45) is 6.54. The minimum atomic E-state index is 0.167. The van der Waals surface area contributed by atoms with Gasteiger partial charge in [-0.15, -0.1) is 0 Å². The van der Waals surface area contributed by atoms with Gasteiger partial charge < -0.3 is 10.0 Å². The van der Waals surface area contributed by atoms with E-state index in [1.165, 1.54) is 31.2 Å². The van der Waals surface area contributed by atoms with Gasteiger partial charge >= 0.3 is 0 Å². The van der Waals surface area contributed by atoms with E-state index < -0.39 is 0 Å². The number of nitrogens with zero attached hydrogens (tertiary/aromatic N) is 4. The molecule has 0 aromatic carbocycles. The van der Waals surface area contributed by atoms with Crippen molar-refractivity contribution in [3.8, 4) is 0 Å².